The van der Waals surface area contributed by atoms with Crippen LogP contribution in [0.15, 0.2) is 75.7 Å². The lowest BCUT2D eigenvalue weighted by Gasteiger charge is -2.24. The van der Waals surface area contributed by atoms with Crippen molar-refractivity contribution in [1.29, 1.82) is 0 Å². The van der Waals surface area contributed by atoms with Gasteiger partial charge in [-0.05, 0) is 29.8 Å². The molecule has 1 amide bonds. The van der Waals surface area contributed by atoms with Gasteiger partial charge in [0.25, 0.3) is 11.7 Å². The van der Waals surface area contributed by atoms with E-state index in [1.165, 1.54) is 4.90 Å². The van der Waals surface area contributed by atoms with Crippen LogP contribution in [0.5, 0.6) is 0 Å². The van der Waals surface area contributed by atoms with Gasteiger partial charge in [-0.2, -0.15) is 0 Å². The van der Waals surface area contributed by atoms with Gasteiger partial charge in [-0.3, -0.25) is 9.59 Å². The van der Waals surface area contributed by atoms with E-state index in [4.69, 9.17) is 0 Å². The zero-order valence-electron chi connectivity index (χ0n) is 13.7. The summed E-state index contributed by atoms with van der Waals surface area (Å²) in [4.78, 5) is 26.6. The van der Waals surface area contributed by atoms with E-state index in [9.17, 15) is 14.7 Å². The van der Waals surface area contributed by atoms with E-state index in [1.807, 2.05) is 24.3 Å². The zero-order chi connectivity index (χ0) is 18.8. The Kier molecular flexibility index (Phi) is 5.44. The van der Waals surface area contributed by atoms with Crippen LogP contribution >= 0.6 is 31.9 Å². The third-order valence-electron chi connectivity index (χ3n) is 4.17. The Bertz CT molecular complexity index is 902. The van der Waals surface area contributed by atoms with Crippen molar-refractivity contribution in [3.8, 4) is 0 Å². The van der Waals surface area contributed by atoms with E-state index in [0.717, 1.165) is 14.5 Å². The second kappa shape index (κ2) is 7.60. The molecule has 1 N–H and O–H groups in total. The average molecular weight is 477 g/mol. The molecule has 6 heteroatoms. The van der Waals surface area contributed by atoms with Gasteiger partial charge < -0.3 is 10.0 Å². The Hall–Kier alpha value is -2.18. The topological polar surface area (TPSA) is 57.6 Å². The second-order valence-corrected chi connectivity index (χ2v) is 7.63. The normalized spacial score (nSPS) is 19.0. The summed E-state index contributed by atoms with van der Waals surface area (Å²) in [6.45, 7) is 3.88. The third kappa shape index (κ3) is 3.39. The zero-order valence-corrected chi connectivity index (χ0v) is 16.8. The van der Waals surface area contributed by atoms with Gasteiger partial charge >= 0.3 is 0 Å². The summed E-state index contributed by atoms with van der Waals surface area (Å²) in [5.41, 5.74) is 1.31. The third-order valence-corrected chi connectivity index (χ3v) is 5.23. The first-order valence-electron chi connectivity index (χ1n) is 7.84. The molecule has 2 aromatic carbocycles. The van der Waals surface area contributed by atoms with Crippen LogP contribution in [0.3, 0.4) is 0 Å². The molecule has 0 unspecified atom stereocenters. The van der Waals surface area contributed by atoms with E-state index in [0.29, 0.717) is 5.56 Å². The van der Waals surface area contributed by atoms with Crippen molar-refractivity contribution in [3.63, 3.8) is 0 Å². The molecular formula is C20H15Br2NO3. The van der Waals surface area contributed by atoms with E-state index < -0.39 is 17.7 Å². The number of hydrogen-bond acceptors (Lipinski definition) is 3. The summed E-state index contributed by atoms with van der Waals surface area (Å²) in [5.74, 6) is -1.52. The number of amides is 1. The molecule has 1 heterocycles. The van der Waals surface area contributed by atoms with Gasteiger partial charge in [-0.15, -0.1) is 6.58 Å². The molecule has 4 nitrogen and oxygen atoms in total. The molecule has 0 bridgehead atoms. The summed E-state index contributed by atoms with van der Waals surface area (Å²) < 4.78 is 1.74. The Morgan fingerprint density at radius 2 is 1.58 bits per heavy atom. The highest BCUT2D eigenvalue weighted by atomic mass is 79.9. The van der Waals surface area contributed by atoms with Crippen LogP contribution in [-0.4, -0.2) is 28.2 Å². The molecule has 1 aliphatic heterocycles. The Labute approximate surface area is 168 Å². The number of aliphatic hydroxyl groups is 1. The van der Waals surface area contributed by atoms with Crippen LogP contribution in [0.1, 0.15) is 17.2 Å². The SMILES string of the molecule is C=CCN1C(=O)C(=O)/C(=C(/O)c2ccc(Br)cc2)[C@H]1c1ccc(Br)cc1. The number of carbonyl (C=O) groups excluding carboxylic acids is 2. The van der Waals surface area contributed by atoms with Crippen molar-refractivity contribution in [2.75, 3.05) is 6.54 Å². The highest BCUT2D eigenvalue weighted by molar-refractivity contribution is 9.10. The van der Waals surface area contributed by atoms with E-state index >= 15 is 0 Å². The second-order valence-electron chi connectivity index (χ2n) is 5.80. The van der Waals surface area contributed by atoms with Crippen molar-refractivity contribution < 1.29 is 14.7 Å². The number of Topliss-reactive ketones (excluding diaryl/α,β-unsaturated/α-hetero) is 1. The molecule has 3 rings (SSSR count). The molecule has 2 aromatic rings. The minimum atomic E-state index is -0.694. The van der Waals surface area contributed by atoms with E-state index in [-0.39, 0.29) is 17.9 Å². The van der Waals surface area contributed by atoms with Crippen LogP contribution in [-0.2, 0) is 9.59 Å². The number of carbonyl (C=O) groups is 2. The molecule has 0 aliphatic carbocycles. The monoisotopic (exact) mass is 475 g/mol. The van der Waals surface area contributed by atoms with Crippen molar-refractivity contribution in [2.45, 2.75) is 6.04 Å². The first-order chi connectivity index (χ1) is 12.4. The quantitative estimate of drug-likeness (QED) is 0.298. The first kappa shape index (κ1) is 18.6. The Morgan fingerprint density at radius 1 is 1.04 bits per heavy atom. The number of ketones is 1. The van der Waals surface area contributed by atoms with Gasteiger partial charge in [0.15, 0.2) is 0 Å². The van der Waals surface area contributed by atoms with Gasteiger partial charge in [-0.1, -0.05) is 62.2 Å². The molecule has 0 aromatic heterocycles. The Morgan fingerprint density at radius 3 is 2.12 bits per heavy atom. The summed E-state index contributed by atoms with van der Waals surface area (Å²) in [5, 5.41) is 10.8. The number of hydrogen-bond donors (Lipinski definition) is 1. The van der Waals surface area contributed by atoms with Crippen molar-refractivity contribution in [2.24, 2.45) is 0 Å². The minimum absolute atomic E-state index is 0.0847. The Balaban J connectivity index is 2.18. The highest BCUT2D eigenvalue weighted by Gasteiger charge is 2.45. The van der Waals surface area contributed by atoms with Crippen molar-refractivity contribution in [1.82, 2.24) is 4.90 Å². The van der Waals surface area contributed by atoms with Crippen LogP contribution in [0, 0.1) is 0 Å². The summed E-state index contributed by atoms with van der Waals surface area (Å²) in [6, 6.07) is 13.6. The van der Waals surface area contributed by atoms with E-state index in [1.54, 1.807) is 30.3 Å². The number of aliphatic hydroxyl groups excluding tert-OH is 1. The predicted octanol–water partition coefficient (Wildman–Crippen LogP) is 4.82. The fraction of sp³-hybridized carbons (Fsp3) is 0.100. The smallest absolute Gasteiger partial charge is 0.295 e. The molecule has 0 radical (unpaired) electrons. The number of nitrogens with zero attached hydrogens (tertiary/aromatic N) is 1. The molecule has 1 saturated heterocycles. The molecule has 0 spiro atoms. The first-order valence-corrected chi connectivity index (χ1v) is 9.43. The van der Waals surface area contributed by atoms with Crippen molar-refractivity contribution in [3.05, 3.63) is 86.8 Å². The lowest BCUT2D eigenvalue weighted by molar-refractivity contribution is -0.139. The summed E-state index contributed by atoms with van der Waals surface area (Å²) >= 11 is 6.72. The van der Waals surface area contributed by atoms with Gasteiger partial charge in [0.2, 0.25) is 0 Å². The van der Waals surface area contributed by atoms with Gasteiger partial charge in [0.05, 0.1) is 11.6 Å². The van der Waals surface area contributed by atoms with Crippen LogP contribution in [0.25, 0.3) is 5.76 Å². The minimum Gasteiger partial charge on any atom is -0.507 e. The summed E-state index contributed by atoms with van der Waals surface area (Å²) in [6.07, 6.45) is 1.57. The van der Waals surface area contributed by atoms with Crippen LogP contribution in [0.4, 0.5) is 0 Å². The van der Waals surface area contributed by atoms with Gasteiger partial charge in [-0.25, -0.2) is 0 Å². The fourth-order valence-corrected chi connectivity index (χ4v) is 3.49. The molecule has 1 aliphatic rings. The maximum absolute atomic E-state index is 12.7. The molecule has 1 fully saturated rings. The molecule has 26 heavy (non-hydrogen) atoms. The fourth-order valence-electron chi connectivity index (χ4n) is 2.96. The van der Waals surface area contributed by atoms with E-state index in [2.05, 4.69) is 38.4 Å². The van der Waals surface area contributed by atoms with Crippen LogP contribution in [0.2, 0.25) is 0 Å². The maximum Gasteiger partial charge on any atom is 0.295 e. The van der Waals surface area contributed by atoms with Crippen LogP contribution < -0.4 is 0 Å². The lowest BCUT2D eigenvalue weighted by atomic mass is 9.95. The molecule has 1 atom stereocenters. The largest absolute Gasteiger partial charge is 0.507 e. The summed E-state index contributed by atoms with van der Waals surface area (Å²) in [7, 11) is 0. The van der Waals surface area contributed by atoms with Gasteiger partial charge in [0, 0.05) is 21.1 Å². The average Bonchev–Trinajstić information content (AvgIpc) is 2.88. The maximum atomic E-state index is 12.7. The number of rotatable bonds is 4. The predicted molar refractivity (Wildman–Crippen MR) is 107 cm³/mol. The lowest BCUT2D eigenvalue weighted by Crippen LogP contribution is -2.29. The highest BCUT2D eigenvalue weighted by Crippen LogP contribution is 2.39. The van der Waals surface area contributed by atoms with Gasteiger partial charge in [0.1, 0.15) is 5.76 Å². The number of benzene rings is 2. The molecular weight excluding hydrogens is 462 g/mol. The van der Waals surface area contributed by atoms with Crippen molar-refractivity contribution >= 4 is 49.3 Å². The number of likely N-dealkylation sites (tertiary alicyclic amines) is 1. The molecule has 0 saturated carbocycles. The molecule has 132 valence electrons. The number of halogens is 2. The standard InChI is InChI=1S/C20H15Br2NO3/c1-2-11-23-17(12-3-7-14(21)8-4-12)16(19(25)20(23)26)18(24)13-5-9-15(22)10-6-13/h2-10,17,24H,1,11H2/b18-16+/t17-/m1/s1.